The molecule has 9 heteroatoms. The Labute approximate surface area is 174 Å². The molecule has 1 atom stereocenters. The van der Waals surface area contributed by atoms with Crippen molar-refractivity contribution in [2.45, 2.75) is 33.7 Å². The summed E-state index contributed by atoms with van der Waals surface area (Å²) in [6, 6.07) is 8.60. The molecule has 0 bridgehead atoms. The fourth-order valence-corrected chi connectivity index (χ4v) is 3.14. The van der Waals surface area contributed by atoms with E-state index in [0.717, 1.165) is 22.4 Å². The Morgan fingerprint density at radius 2 is 2.00 bits per heavy atom. The number of hydrogen-bond donors (Lipinski definition) is 3. The lowest BCUT2D eigenvalue weighted by Crippen LogP contribution is -3.12. The number of quaternary nitrogens is 1. The highest BCUT2D eigenvalue weighted by Crippen LogP contribution is 2.17. The maximum Gasteiger partial charge on any atom is 0.326 e. The van der Waals surface area contributed by atoms with Crippen molar-refractivity contribution in [1.82, 2.24) is 15.5 Å². The fraction of sp³-hybridized carbons (Fsp3) is 0.333. The summed E-state index contributed by atoms with van der Waals surface area (Å²) in [5, 5.41) is 13.1. The van der Waals surface area contributed by atoms with E-state index in [4.69, 9.17) is 8.83 Å². The minimum absolute atomic E-state index is 0.104. The zero-order valence-electron chi connectivity index (χ0n) is 17.3. The number of furan rings is 1. The Morgan fingerprint density at radius 1 is 1.17 bits per heavy atom. The molecule has 3 aromatic rings. The van der Waals surface area contributed by atoms with Gasteiger partial charge in [0, 0.05) is 5.69 Å². The van der Waals surface area contributed by atoms with E-state index in [2.05, 4.69) is 20.8 Å². The number of imide groups is 1. The standard InChI is InChI=1S/C21H25N5O4/c1-4-9-26(13-19-24-25-20(30-19)17-6-5-10-29-17)12-18(27)23-21(28)22-16-8-7-14(2)11-15(16)3/h5-8,10-11H,4,9,12-13H2,1-3H3,(H2,22,23,27,28)/p+1. The number of nitrogens with one attached hydrogen (secondary N) is 3. The van der Waals surface area contributed by atoms with Crippen LogP contribution in [0.25, 0.3) is 11.7 Å². The molecule has 158 valence electrons. The van der Waals surface area contributed by atoms with Crippen LogP contribution in [0.15, 0.2) is 45.4 Å². The van der Waals surface area contributed by atoms with Crippen LogP contribution in [0.5, 0.6) is 0 Å². The van der Waals surface area contributed by atoms with Gasteiger partial charge in [-0.1, -0.05) is 24.6 Å². The SMILES string of the molecule is CCC[NH+](CC(=O)NC(=O)Nc1ccc(C)cc1C)Cc1nnc(-c2ccco2)o1. The molecule has 9 nitrogen and oxygen atoms in total. The second-order valence-electron chi connectivity index (χ2n) is 7.15. The Hall–Kier alpha value is -3.46. The van der Waals surface area contributed by atoms with E-state index in [0.29, 0.717) is 36.3 Å². The number of rotatable bonds is 8. The number of benzene rings is 1. The first-order chi connectivity index (χ1) is 14.4. The third kappa shape index (κ3) is 5.77. The number of aromatic nitrogens is 2. The topological polar surface area (TPSA) is 115 Å². The number of hydrogen-bond acceptors (Lipinski definition) is 6. The monoisotopic (exact) mass is 412 g/mol. The molecule has 2 aromatic heterocycles. The summed E-state index contributed by atoms with van der Waals surface area (Å²) in [6.07, 6.45) is 2.39. The van der Waals surface area contributed by atoms with Gasteiger partial charge in [0.15, 0.2) is 18.8 Å². The molecule has 30 heavy (non-hydrogen) atoms. The Kier molecular flexibility index (Phi) is 6.97. The van der Waals surface area contributed by atoms with Crippen molar-refractivity contribution in [3.05, 3.63) is 53.6 Å². The smallest absolute Gasteiger partial charge is 0.326 e. The first kappa shape index (κ1) is 21.3. The van der Waals surface area contributed by atoms with Gasteiger partial charge in [-0.2, -0.15) is 0 Å². The first-order valence-corrected chi connectivity index (χ1v) is 9.82. The molecule has 3 amide bonds. The molecule has 0 saturated carbocycles. The van der Waals surface area contributed by atoms with Gasteiger partial charge in [0.25, 0.3) is 17.7 Å². The molecule has 1 unspecified atom stereocenters. The van der Waals surface area contributed by atoms with Crippen LogP contribution in [0.4, 0.5) is 10.5 Å². The highest BCUT2D eigenvalue weighted by Gasteiger charge is 2.20. The highest BCUT2D eigenvalue weighted by molar-refractivity contribution is 6.01. The summed E-state index contributed by atoms with van der Waals surface area (Å²) in [7, 11) is 0. The summed E-state index contributed by atoms with van der Waals surface area (Å²) in [6.45, 7) is 7.09. The summed E-state index contributed by atoms with van der Waals surface area (Å²) in [5.74, 6) is 0.804. The van der Waals surface area contributed by atoms with E-state index in [1.807, 2.05) is 39.0 Å². The maximum absolute atomic E-state index is 12.4. The van der Waals surface area contributed by atoms with Crippen molar-refractivity contribution in [2.75, 3.05) is 18.4 Å². The number of urea groups is 1. The van der Waals surface area contributed by atoms with Gasteiger partial charge in [0.05, 0.1) is 12.8 Å². The molecule has 0 spiro atoms. The average molecular weight is 412 g/mol. The van der Waals surface area contributed by atoms with E-state index in [1.165, 1.54) is 6.26 Å². The largest absolute Gasteiger partial charge is 0.459 e. The molecule has 1 aromatic carbocycles. The van der Waals surface area contributed by atoms with Crippen LogP contribution in [0.1, 0.15) is 30.4 Å². The van der Waals surface area contributed by atoms with Crippen LogP contribution in [-0.2, 0) is 11.3 Å². The van der Waals surface area contributed by atoms with Gasteiger partial charge in [0.2, 0.25) is 0 Å². The van der Waals surface area contributed by atoms with Crippen molar-refractivity contribution in [2.24, 2.45) is 0 Å². The van der Waals surface area contributed by atoms with Crippen LogP contribution < -0.4 is 15.5 Å². The zero-order chi connectivity index (χ0) is 21.5. The van der Waals surface area contributed by atoms with Gasteiger partial charge in [-0.05, 0) is 44.0 Å². The van der Waals surface area contributed by atoms with E-state index in [9.17, 15) is 9.59 Å². The second-order valence-corrected chi connectivity index (χ2v) is 7.15. The third-order valence-corrected chi connectivity index (χ3v) is 4.50. The van der Waals surface area contributed by atoms with Crippen molar-refractivity contribution in [3.8, 4) is 11.7 Å². The zero-order valence-corrected chi connectivity index (χ0v) is 17.3. The molecular formula is C21H26N5O4+. The lowest BCUT2D eigenvalue weighted by atomic mass is 10.1. The van der Waals surface area contributed by atoms with Crippen LogP contribution in [-0.4, -0.2) is 35.2 Å². The predicted octanol–water partition coefficient (Wildman–Crippen LogP) is 2.09. The van der Waals surface area contributed by atoms with Crippen LogP contribution >= 0.6 is 0 Å². The highest BCUT2D eigenvalue weighted by atomic mass is 16.4. The molecule has 0 saturated heterocycles. The van der Waals surface area contributed by atoms with Gasteiger partial charge < -0.3 is 19.1 Å². The summed E-state index contributed by atoms with van der Waals surface area (Å²) < 4.78 is 10.9. The minimum Gasteiger partial charge on any atom is -0.459 e. The van der Waals surface area contributed by atoms with Crippen LogP contribution in [0.3, 0.4) is 0 Å². The fourth-order valence-electron chi connectivity index (χ4n) is 3.14. The van der Waals surface area contributed by atoms with Crippen LogP contribution in [0, 0.1) is 13.8 Å². The second kappa shape index (κ2) is 9.84. The van der Waals surface area contributed by atoms with E-state index in [-0.39, 0.29) is 12.5 Å². The van der Waals surface area contributed by atoms with Crippen molar-refractivity contribution in [1.29, 1.82) is 0 Å². The summed E-state index contributed by atoms with van der Waals surface area (Å²) >= 11 is 0. The van der Waals surface area contributed by atoms with Gasteiger partial charge in [-0.15, -0.1) is 10.2 Å². The van der Waals surface area contributed by atoms with Gasteiger partial charge >= 0.3 is 6.03 Å². The number of carbonyl (C=O) groups excluding carboxylic acids is 2. The Bertz CT molecular complexity index is 997. The van der Waals surface area contributed by atoms with E-state index in [1.54, 1.807) is 12.1 Å². The molecule has 0 aliphatic carbocycles. The Balaban J connectivity index is 1.55. The molecule has 0 aliphatic heterocycles. The summed E-state index contributed by atoms with van der Waals surface area (Å²) in [4.78, 5) is 25.5. The molecule has 3 N–H and O–H groups in total. The lowest BCUT2D eigenvalue weighted by molar-refractivity contribution is -0.907. The molecule has 3 rings (SSSR count). The Morgan fingerprint density at radius 3 is 2.70 bits per heavy atom. The number of nitrogens with zero attached hydrogens (tertiary/aromatic N) is 2. The molecule has 0 fully saturated rings. The molecular weight excluding hydrogens is 386 g/mol. The third-order valence-electron chi connectivity index (χ3n) is 4.50. The first-order valence-electron chi connectivity index (χ1n) is 9.82. The van der Waals surface area contributed by atoms with Crippen LogP contribution in [0.2, 0.25) is 0 Å². The van der Waals surface area contributed by atoms with Gasteiger partial charge in [-0.3, -0.25) is 10.1 Å². The predicted molar refractivity (Wildman–Crippen MR) is 110 cm³/mol. The molecule has 0 radical (unpaired) electrons. The van der Waals surface area contributed by atoms with Crippen molar-refractivity contribution < 1.29 is 23.3 Å². The number of aryl methyl sites for hydroxylation is 2. The number of carbonyl (C=O) groups is 2. The number of amides is 3. The normalized spacial score (nSPS) is 11.8. The summed E-state index contributed by atoms with van der Waals surface area (Å²) in [5.41, 5.74) is 2.70. The van der Waals surface area contributed by atoms with Gasteiger partial charge in [-0.25, -0.2) is 4.79 Å². The maximum atomic E-state index is 12.4. The minimum atomic E-state index is -0.555. The lowest BCUT2D eigenvalue weighted by Gasteiger charge is -2.16. The molecule has 2 heterocycles. The average Bonchev–Trinajstić information content (AvgIpc) is 3.35. The number of anilines is 1. The van der Waals surface area contributed by atoms with E-state index < -0.39 is 6.03 Å². The van der Waals surface area contributed by atoms with Crippen molar-refractivity contribution >= 4 is 17.6 Å². The quantitative estimate of drug-likeness (QED) is 0.522. The molecule has 0 aliphatic rings. The van der Waals surface area contributed by atoms with E-state index >= 15 is 0 Å². The van der Waals surface area contributed by atoms with Crippen molar-refractivity contribution in [3.63, 3.8) is 0 Å². The van der Waals surface area contributed by atoms with Gasteiger partial charge in [0.1, 0.15) is 0 Å².